The van der Waals surface area contributed by atoms with Crippen LogP contribution in [-0.4, -0.2) is 17.2 Å². The van der Waals surface area contributed by atoms with Gasteiger partial charge in [0.25, 0.3) is 0 Å². The van der Waals surface area contributed by atoms with Crippen LogP contribution >= 0.6 is 23.5 Å². The van der Waals surface area contributed by atoms with E-state index >= 15 is 0 Å². The summed E-state index contributed by atoms with van der Waals surface area (Å²) >= 11 is 1.50. The van der Waals surface area contributed by atoms with E-state index in [1.165, 1.54) is 12.1 Å². The van der Waals surface area contributed by atoms with E-state index in [-0.39, 0.29) is 16.7 Å². The van der Waals surface area contributed by atoms with Crippen LogP contribution in [0.3, 0.4) is 0 Å². The third-order valence-electron chi connectivity index (χ3n) is 2.96. The second-order valence-electron chi connectivity index (χ2n) is 4.68. The van der Waals surface area contributed by atoms with E-state index in [9.17, 15) is 18.0 Å². The summed E-state index contributed by atoms with van der Waals surface area (Å²) in [4.78, 5) is 12.2. The van der Waals surface area contributed by atoms with Gasteiger partial charge in [0.05, 0.1) is 0 Å². The number of amides is 1. The van der Waals surface area contributed by atoms with Crippen molar-refractivity contribution in [3.05, 3.63) is 59.7 Å². The van der Waals surface area contributed by atoms with Crippen LogP contribution in [-0.2, 0) is 6.42 Å². The number of carbonyl (C=O) groups excluding carboxylic acids is 1. The van der Waals surface area contributed by atoms with E-state index in [4.69, 9.17) is 5.73 Å². The van der Waals surface area contributed by atoms with Crippen molar-refractivity contribution in [2.24, 2.45) is 5.73 Å². The van der Waals surface area contributed by atoms with Crippen molar-refractivity contribution in [2.75, 3.05) is 5.75 Å². The summed E-state index contributed by atoms with van der Waals surface area (Å²) in [6.07, 6.45) is 0.749. The van der Waals surface area contributed by atoms with E-state index in [2.05, 4.69) is 0 Å². The van der Waals surface area contributed by atoms with Crippen molar-refractivity contribution in [3.8, 4) is 0 Å². The first kappa shape index (κ1) is 17.7. The Morgan fingerprint density at radius 1 is 0.957 bits per heavy atom. The van der Waals surface area contributed by atoms with Crippen LogP contribution in [0.1, 0.15) is 15.9 Å². The zero-order valence-electron chi connectivity index (χ0n) is 12.0. The van der Waals surface area contributed by atoms with Gasteiger partial charge in [0, 0.05) is 21.1 Å². The Kier molecular flexibility index (Phi) is 6.01. The lowest BCUT2D eigenvalue weighted by Gasteiger charge is -2.07. The number of nitrogens with two attached hydrogens (primary N) is 1. The highest BCUT2D eigenvalue weighted by molar-refractivity contribution is 8.00. The fraction of sp³-hybridized carbons (Fsp3) is 0.188. The highest BCUT2D eigenvalue weighted by atomic mass is 32.2. The maximum Gasteiger partial charge on any atom is 0.446 e. The summed E-state index contributed by atoms with van der Waals surface area (Å²) in [5, 5.41) is 0. The molecule has 0 radical (unpaired) electrons. The Balaban J connectivity index is 1.83. The van der Waals surface area contributed by atoms with Crippen LogP contribution in [0.4, 0.5) is 13.2 Å². The molecule has 0 heterocycles. The van der Waals surface area contributed by atoms with Crippen molar-refractivity contribution in [2.45, 2.75) is 21.7 Å². The average Bonchev–Trinajstić information content (AvgIpc) is 2.48. The average molecular weight is 357 g/mol. The molecule has 0 saturated heterocycles. The number of alkyl halides is 3. The van der Waals surface area contributed by atoms with Crippen LogP contribution < -0.4 is 5.73 Å². The third kappa shape index (κ3) is 6.19. The number of aryl methyl sites for hydroxylation is 1. The van der Waals surface area contributed by atoms with Gasteiger partial charge in [0.2, 0.25) is 5.91 Å². The molecule has 2 N–H and O–H groups in total. The minimum Gasteiger partial charge on any atom is -0.366 e. The molecular formula is C16H14F3NOS2. The van der Waals surface area contributed by atoms with Crippen LogP contribution in [0.5, 0.6) is 0 Å². The van der Waals surface area contributed by atoms with Crippen molar-refractivity contribution < 1.29 is 18.0 Å². The normalized spacial score (nSPS) is 11.4. The number of primary amides is 1. The molecular weight excluding hydrogens is 343 g/mol. The molecule has 2 nitrogen and oxygen atoms in total. The summed E-state index contributed by atoms with van der Waals surface area (Å²) in [5.41, 5.74) is 2.37. The maximum absolute atomic E-state index is 12.2. The smallest absolute Gasteiger partial charge is 0.366 e. The lowest BCUT2D eigenvalue weighted by molar-refractivity contribution is -0.0328. The fourth-order valence-electron chi connectivity index (χ4n) is 1.86. The molecule has 0 aliphatic rings. The predicted octanol–water partition coefficient (Wildman–Crippen LogP) is 4.73. The minimum atomic E-state index is -4.26. The number of hydrogen-bond donors (Lipinski definition) is 1. The zero-order valence-corrected chi connectivity index (χ0v) is 13.6. The predicted molar refractivity (Wildman–Crippen MR) is 87.7 cm³/mol. The molecule has 0 aliphatic carbocycles. The summed E-state index contributed by atoms with van der Waals surface area (Å²) < 4.78 is 36.7. The second-order valence-corrected chi connectivity index (χ2v) is 6.99. The molecule has 0 unspecified atom stereocenters. The summed E-state index contributed by atoms with van der Waals surface area (Å²) in [6, 6.07) is 13.4. The van der Waals surface area contributed by atoms with Gasteiger partial charge in [0.15, 0.2) is 0 Å². The zero-order chi connectivity index (χ0) is 16.9. The van der Waals surface area contributed by atoms with Gasteiger partial charge in [0.1, 0.15) is 0 Å². The molecule has 2 rings (SSSR count). The van der Waals surface area contributed by atoms with Crippen molar-refractivity contribution in [3.63, 3.8) is 0 Å². The van der Waals surface area contributed by atoms with Crippen molar-refractivity contribution >= 4 is 29.4 Å². The minimum absolute atomic E-state index is 0.109. The van der Waals surface area contributed by atoms with Gasteiger partial charge in [-0.15, -0.1) is 11.8 Å². The molecule has 0 aliphatic heterocycles. The summed E-state index contributed by atoms with van der Waals surface area (Å²) in [5.74, 6) is 0.333. The number of halogens is 3. The topological polar surface area (TPSA) is 43.1 Å². The Morgan fingerprint density at radius 2 is 1.52 bits per heavy atom. The van der Waals surface area contributed by atoms with Crippen LogP contribution in [0, 0.1) is 0 Å². The maximum atomic E-state index is 12.2. The van der Waals surface area contributed by atoms with Gasteiger partial charge >= 0.3 is 5.51 Å². The number of thioether (sulfide) groups is 2. The number of benzene rings is 2. The summed E-state index contributed by atoms with van der Waals surface area (Å²) in [7, 11) is 0. The van der Waals surface area contributed by atoms with E-state index in [0.717, 1.165) is 22.6 Å². The van der Waals surface area contributed by atoms with Crippen molar-refractivity contribution in [1.29, 1.82) is 0 Å². The Bertz CT molecular complexity index is 655. The van der Waals surface area contributed by atoms with Gasteiger partial charge in [-0.05, 0) is 60.1 Å². The van der Waals surface area contributed by atoms with Crippen LogP contribution in [0.25, 0.3) is 0 Å². The molecule has 0 spiro atoms. The second kappa shape index (κ2) is 7.79. The standard InChI is InChI=1S/C16H14F3NOS2/c17-16(18,19)23-14-5-1-11(2-6-14)9-10-22-13-7-3-12(4-8-13)15(20)21/h1-8H,9-10H2,(H2,20,21). The fourth-order valence-corrected chi connectivity index (χ4v) is 3.30. The number of carbonyl (C=O) groups is 1. The van der Waals surface area contributed by atoms with Gasteiger partial charge in [-0.2, -0.15) is 13.2 Å². The van der Waals surface area contributed by atoms with Gasteiger partial charge in [-0.3, -0.25) is 4.79 Å². The lowest BCUT2D eigenvalue weighted by atomic mass is 10.2. The van der Waals surface area contributed by atoms with E-state index < -0.39 is 11.4 Å². The SMILES string of the molecule is NC(=O)c1ccc(SCCc2ccc(SC(F)(F)F)cc2)cc1. The molecule has 2 aromatic carbocycles. The molecule has 0 aromatic heterocycles. The van der Waals surface area contributed by atoms with E-state index in [1.54, 1.807) is 36.0 Å². The Hall–Kier alpha value is -1.60. The first-order valence-electron chi connectivity index (χ1n) is 6.71. The monoisotopic (exact) mass is 357 g/mol. The molecule has 23 heavy (non-hydrogen) atoms. The first-order chi connectivity index (χ1) is 10.8. The van der Waals surface area contributed by atoms with Crippen LogP contribution in [0.15, 0.2) is 58.3 Å². The molecule has 0 saturated carbocycles. The van der Waals surface area contributed by atoms with Gasteiger partial charge in [-0.25, -0.2) is 0 Å². The van der Waals surface area contributed by atoms with E-state index in [0.29, 0.717) is 5.56 Å². The Morgan fingerprint density at radius 3 is 2.04 bits per heavy atom. The molecule has 122 valence electrons. The highest BCUT2D eigenvalue weighted by Gasteiger charge is 2.28. The molecule has 0 bridgehead atoms. The van der Waals surface area contributed by atoms with Crippen molar-refractivity contribution in [1.82, 2.24) is 0 Å². The third-order valence-corrected chi connectivity index (χ3v) is 4.71. The van der Waals surface area contributed by atoms with E-state index in [1.807, 2.05) is 12.1 Å². The molecule has 2 aromatic rings. The highest BCUT2D eigenvalue weighted by Crippen LogP contribution is 2.36. The Labute approximate surface area is 140 Å². The quantitative estimate of drug-likeness (QED) is 0.760. The molecule has 0 fully saturated rings. The molecule has 1 amide bonds. The lowest BCUT2D eigenvalue weighted by Crippen LogP contribution is -2.10. The van der Waals surface area contributed by atoms with Gasteiger partial charge in [-0.1, -0.05) is 12.1 Å². The molecule has 0 atom stereocenters. The number of rotatable bonds is 6. The largest absolute Gasteiger partial charge is 0.446 e. The number of hydrogen-bond acceptors (Lipinski definition) is 3. The first-order valence-corrected chi connectivity index (χ1v) is 8.51. The van der Waals surface area contributed by atoms with Crippen LogP contribution in [0.2, 0.25) is 0 Å². The van der Waals surface area contributed by atoms with Gasteiger partial charge < -0.3 is 5.73 Å². The summed E-state index contributed by atoms with van der Waals surface area (Å²) in [6.45, 7) is 0. The molecule has 7 heteroatoms.